The maximum absolute atomic E-state index is 11.9. The lowest BCUT2D eigenvalue weighted by atomic mass is 10.1. The predicted octanol–water partition coefficient (Wildman–Crippen LogP) is 4.83. The molecule has 0 saturated carbocycles. The molecule has 0 fully saturated rings. The Morgan fingerprint density at radius 3 is 2.39 bits per heavy atom. The van der Waals surface area contributed by atoms with Crippen LogP contribution in [0.1, 0.15) is 11.1 Å². The number of carbonyl (C=O) groups excluding carboxylic acids is 1. The van der Waals surface area contributed by atoms with Crippen molar-refractivity contribution in [3.63, 3.8) is 0 Å². The summed E-state index contributed by atoms with van der Waals surface area (Å²) in [4.78, 5) is 16.3. The summed E-state index contributed by atoms with van der Waals surface area (Å²) in [6, 6.07) is 24.8. The fourth-order valence-electron chi connectivity index (χ4n) is 2.52. The van der Waals surface area contributed by atoms with E-state index in [1.807, 2.05) is 66.7 Å². The number of nitrogens with zero attached hydrogens (tertiary/aromatic N) is 1. The summed E-state index contributed by atoms with van der Waals surface area (Å²) in [5.41, 5.74) is 2.96. The molecule has 0 radical (unpaired) electrons. The molecule has 4 nitrogen and oxygen atoms in total. The zero-order chi connectivity index (χ0) is 19.6. The minimum absolute atomic E-state index is 0.00694. The predicted molar refractivity (Wildman–Crippen MR) is 114 cm³/mol. The molecule has 142 valence electrons. The van der Waals surface area contributed by atoms with E-state index in [1.54, 1.807) is 18.3 Å². The van der Waals surface area contributed by atoms with Crippen molar-refractivity contribution in [2.75, 3.05) is 13.2 Å². The molecule has 0 aromatic heterocycles. The van der Waals surface area contributed by atoms with Crippen LogP contribution in [0.4, 0.5) is 5.69 Å². The first-order chi connectivity index (χ1) is 13.7. The zero-order valence-electron chi connectivity index (χ0n) is 15.3. The van der Waals surface area contributed by atoms with Crippen LogP contribution in [-0.4, -0.2) is 25.3 Å². The van der Waals surface area contributed by atoms with E-state index in [2.05, 4.69) is 10.3 Å². The van der Waals surface area contributed by atoms with Gasteiger partial charge < -0.3 is 10.1 Å². The van der Waals surface area contributed by atoms with Gasteiger partial charge in [0.15, 0.2) is 6.61 Å². The number of halogens is 1. The topological polar surface area (TPSA) is 50.7 Å². The van der Waals surface area contributed by atoms with E-state index >= 15 is 0 Å². The summed E-state index contributed by atoms with van der Waals surface area (Å²) in [5, 5.41) is 3.55. The summed E-state index contributed by atoms with van der Waals surface area (Å²) >= 11 is 5.86. The number of aliphatic imine (C=N–C) groups is 1. The molecule has 0 unspecified atom stereocenters. The van der Waals surface area contributed by atoms with Gasteiger partial charge in [-0.25, -0.2) is 0 Å². The van der Waals surface area contributed by atoms with Gasteiger partial charge in [0.25, 0.3) is 5.91 Å². The van der Waals surface area contributed by atoms with E-state index in [0.717, 1.165) is 17.7 Å². The van der Waals surface area contributed by atoms with Gasteiger partial charge in [0, 0.05) is 17.8 Å². The number of ether oxygens (including phenoxy) is 1. The molecule has 0 atom stereocenters. The number of carbonyl (C=O) groups is 1. The highest BCUT2D eigenvalue weighted by molar-refractivity contribution is 6.30. The second-order valence-electron chi connectivity index (χ2n) is 6.18. The Balaban J connectivity index is 1.41. The van der Waals surface area contributed by atoms with Crippen molar-refractivity contribution < 1.29 is 9.53 Å². The van der Waals surface area contributed by atoms with Crippen molar-refractivity contribution in [2.24, 2.45) is 4.99 Å². The van der Waals surface area contributed by atoms with Crippen LogP contribution in [0.5, 0.6) is 5.75 Å². The molecule has 0 saturated heterocycles. The van der Waals surface area contributed by atoms with Gasteiger partial charge in [-0.15, -0.1) is 0 Å². The molecule has 3 aromatic rings. The van der Waals surface area contributed by atoms with Crippen LogP contribution in [0.3, 0.4) is 0 Å². The van der Waals surface area contributed by atoms with Crippen molar-refractivity contribution in [1.29, 1.82) is 0 Å². The second-order valence-corrected chi connectivity index (χ2v) is 6.61. The highest BCUT2D eigenvalue weighted by atomic mass is 35.5. The summed E-state index contributed by atoms with van der Waals surface area (Å²) in [6.45, 7) is 0.583. The molecule has 3 rings (SSSR count). The molecular formula is C23H21ClN2O2. The lowest BCUT2D eigenvalue weighted by molar-refractivity contribution is -0.123. The third-order valence-electron chi connectivity index (χ3n) is 4.02. The highest BCUT2D eigenvalue weighted by Gasteiger charge is 2.02. The van der Waals surface area contributed by atoms with E-state index in [9.17, 15) is 4.79 Å². The van der Waals surface area contributed by atoms with Crippen LogP contribution in [-0.2, 0) is 11.2 Å². The van der Waals surface area contributed by atoms with Gasteiger partial charge in [0.2, 0.25) is 0 Å². The van der Waals surface area contributed by atoms with Crippen LogP contribution < -0.4 is 10.1 Å². The van der Waals surface area contributed by atoms with Gasteiger partial charge in [0.05, 0.1) is 5.69 Å². The fraction of sp³-hybridized carbons (Fsp3) is 0.130. The molecular weight excluding hydrogens is 372 g/mol. The van der Waals surface area contributed by atoms with Crippen molar-refractivity contribution in [1.82, 2.24) is 5.32 Å². The van der Waals surface area contributed by atoms with Crippen molar-refractivity contribution >= 4 is 29.4 Å². The average Bonchev–Trinajstić information content (AvgIpc) is 2.73. The maximum Gasteiger partial charge on any atom is 0.257 e. The number of nitrogens with one attached hydrogen (secondary N) is 1. The SMILES string of the molecule is O=C(COc1ccc(C=Nc2ccc(Cl)cc2)cc1)NCCc1ccccc1. The van der Waals surface area contributed by atoms with Gasteiger partial charge in [0.1, 0.15) is 5.75 Å². The van der Waals surface area contributed by atoms with Gasteiger partial charge in [-0.2, -0.15) is 0 Å². The number of hydrogen-bond acceptors (Lipinski definition) is 3. The Labute approximate surface area is 169 Å². The summed E-state index contributed by atoms with van der Waals surface area (Å²) in [7, 11) is 0. The largest absolute Gasteiger partial charge is 0.484 e. The average molecular weight is 393 g/mol. The monoisotopic (exact) mass is 392 g/mol. The first kappa shape index (κ1) is 19.6. The molecule has 1 amide bonds. The molecule has 1 N–H and O–H groups in total. The molecule has 0 aliphatic heterocycles. The molecule has 0 aliphatic rings. The molecule has 28 heavy (non-hydrogen) atoms. The van der Waals surface area contributed by atoms with Crippen LogP contribution in [0.15, 0.2) is 83.9 Å². The van der Waals surface area contributed by atoms with E-state index in [1.165, 1.54) is 5.56 Å². The first-order valence-electron chi connectivity index (χ1n) is 9.02. The van der Waals surface area contributed by atoms with Gasteiger partial charge in [-0.1, -0.05) is 41.9 Å². The smallest absolute Gasteiger partial charge is 0.257 e. The number of rotatable bonds is 8. The zero-order valence-corrected chi connectivity index (χ0v) is 16.1. The standard InChI is InChI=1S/C23H21ClN2O2/c24-20-8-10-21(11-9-20)26-16-19-6-12-22(13-7-19)28-17-23(27)25-15-14-18-4-2-1-3-5-18/h1-13,16H,14-15,17H2,(H,25,27). The Morgan fingerprint density at radius 1 is 0.964 bits per heavy atom. The number of amides is 1. The van der Waals surface area contributed by atoms with Gasteiger partial charge in [-0.05, 0) is 66.1 Å². The van der Waals surface area contributed by atoms with Gasteiger partial charge >= 0.3 is 0 Å². The quantitative estimate of drug-likeness (QED) is 0.558. The summed E-state index contributed by atoms with van der Waals surface area (Å²) in [6.07, 6.45) is 2.57. The normalized spacial score (nSPS) is 10.8. The van der Waals surface area contributed by atoms with Gasteiger partial charge in [-0.3, -0.25) is 9.79 Å². The lowest BCUT2D eigenvalue weighted by Gasteiger charge is -2.08. The Kier molecular flexibility index (Phi) is 7.21. The van der Waals surface area contributed by atoms with Crippen LogP contribution in [0.25, 0.3) is 0 Å². The molecule has 0 bridgehead atoms. The summed E-state index contributed by atoms with van der Waals surface area (Å²) in [5.74, 6) is 0.506. The minimum atomic E-state index is -0.135. The molecule has 5 heteroatoms. The van der Waals surface area contributed by atoms with Crippen molar-refractivity contribution in [3.05, 3.63) is 95.0 Å². The van der Waals surface area contributed by atoms with E-state index in [4.69, 9.17) is 16.3 Å². The lowest BCUT2D eigenvalue weighted by Crippen LogP contribution is -2.30. The Bertz CT molecular complexity index is 908. The molecule has 0 spiro atoms. The summed E-state index contributed by atoms with van der Waals surface area (Å²) < 4.78 is 5.53. The fourth-order valence-corrected chi connectivity index (χ4v) is 2.64. The third kappa shape index (κ3) is 6.56. The van der Waals surface area contributed by atoms with Crippen molar-refractivity contribution in [3.8, 4) is 5.75 Å². The molecule has 0 aliphatic carbocycles. The molecule has 3 aromatic carbocycles. The maximum atomic E-state index is 11.9. The van der Waals surface area contributed by atoms with Crippen LogP contribution in [0.2, 0.25) is 5.02 Å². The van der Waals surface area contributed by atoms with E-state index < -0.39 is 0 Å². The van der Waals surface area contributed by atoms with Crippen LogP contribution >= 0.6 is 11.6 Å². The van der Waals surface area contributed by atoms with Crippen LogP contribution in [0, 0.1) is 0 Å². The molecule has 0 heterocycles. The van der Waals surface area contributed by atoms with E-state index in [0.29, 0.717) is 17.3 Å². The first-order valence-corrected chi connectivity index (χ1v) is 9.40. The number of benzene rings is 3. The number of hydrogen-bond donors (Lipinski definition) is 1. The minimum Gasteiger partial charge on any atom is -0.484 e. The Hall–Kier alpha value is -3.11. The second kappa shape index (κ2) is 10.3. The third-order valence-corrected chi connectivity index (χ3v) is 4.27. The van der Waals surface area contributed by atoms with E-state index in [-0.39, 0.29) is 12.5 Å². The van der Waals surface area contributed by atoms with Crippen molar-refractivity contribution in [2.45, 2.75) is 6.42 Å². The Morgan fingerprint density at radius 2 is 1.68 bits per heavy atom. The highest BCUT2D eigenvalue weighted by Crippen LogP contribution is 2.17.